The fraction of sp³-hybridized carbons (Fsp3) is 1.00. The lowest BCUT2D eigenvalue weighted by molar-refractivity contribution is 0.162. The molecule has 0 aromatic carbocycles. The Kier molecular flexibility index (Phi) is 5.91. The molecular formula is C16H32O2Si. The average Bonchev–Trinajstić information content (AvgIpc) is 2.49. The zero-order valence-electron chi connectivity index (χ0n) is 13.1. The summed E-state index contributed by atoms with van der Waals surface area (Å²) >= 11 is 0. The highest BCUT2D eigenvalue weighted by molar-refractivity contribution is 6.67. The molecule has 0 heterocycles. The van der Waals surface area contributed by atoms with Crippen LogP contribution in [0.4, 0.5) is 0 Å². The van der Waals surface area contributed by atoms with Gasteiger partial charge in [0.25, 0.3) is 0 Å². The zero-order valence-corrected chi connectivity index (χ0v) is 14.1. The summed E-state index contributed by atoms with van der Waals surface area (Å²) in [5, 5.41) is 0. The maximum absolute atomic E-state index is 5.97. The van der Waals surface area contributed by atoms with Gasteiger partial charge in [0.1, 0.15) is 0 Å². The zero-order chi connectivity index (χ0) is 13.7. The molecule has 2 fully saturated rings. The molecule has 3 heteroatoms. The third-order valence-corrected chi connectivity index (χ3v) is 9.51. The highest BCUT2D eigenvalue weighted by atomic mass is 28.4. The van der Waals surface area contributed by atoms with Gasteiger partial charge in [0, 0.05) is 19.8 Å². The molecule has 0 saturated heterocycles. The fourth-order valence-corrected chi connectivity index (χ4v) is 7.67. The second-order valence-electron chi connectivity index (χ2n) is 6.75. The van der Waals surface area contributed by atoms with Crippen molar-refractivity contribution < 1.29 is 8.85 Å². The summed E-state index contributed by atoms with van der Waals surface area (Å²) in [6.45, 7) is 2.31. The first kappa shape index (κ1) is 15.5. The Bertz CT molecular complexity index is 235. The lowest BCUT2D eigenvalue weighted by Crippen LogP contribution is -2.48. The van der Waals surface area contributed by atoms with Crippen LogP contribution < -0.4 is 0 Å². The fourth-order valence-electron chi connectivity index (χ4n) is 4.58. The first-order valence-corrected chi connectivity index (χ1v) is 10.7. The summed E-state index contributed by atoms with van der Waals surface area (Å²) in [5.41, 5.74) is 0.725. The van der Waals surface area contributed by atoms with Crippen LogP contribution in [0.1, 0.15) is 64.2 Å². The van der Waals surface area contributed by atoms with Gasteiger partial charge in [-0.2, -0.15) is 0 Å². The molecule has 2 saturated carbocycles. The smallest absolute Gasteiger partial charge is 0.338 e. The van der Waals surface area contributed by atoms with Crippen LogP contribution in [0.2, 0.25) is 12.1 Å². The molecule has 0 atom stereocenters. The third kappa shape index (κ3) is 3.62. The molecule has 0 bridgehead atoms. The van der Waals surface area contributed by atoms with Gasteiger partial charge in [-0.3, -0.25) is 0 Å². The maximum Gasteiger partial charge on any atom is 0.338 e. The minimum atomic E-state index is -2.00. The number of rotatable bonds is 5. The molecule has 2 aliphatic rings. The third-order valence-electron chi connectivity index (χ3n) is 5.73. The Morgan fingerprint density at radius 3 is 1.42 bits per heavy atom. The van der Waals surface area contributed by atoms with Crippen molar-refractivity contribution in [1.29, 1.82) is 0 Å². The predicted octanol–water partition coefficient (Wildman–Crippen LogP) is 4.88. The van der Waals surface area contributed by atoms with Gasteiger partial charge in [-0.15, -0.1) is 0 Å². The van der Waals surface area contributed by atoms with E-state index in [9.17, 15) is 0 Å². The molecular weight excluding hydrogens is 252 g/mol. The van der Waals surface area contributed by atoms with E-state index >= 15 is 0 Å². The van der Waals surface area contributed by atoms with E-state index in [0.717, 1.165) is 17.4 Å². The van der Waals surface area contributed by atoms with Gasteiger partial charge >= 0.3 is 8.56 Å². The van der Waals surface area contributed by atoms with E-state index in [1.54, 1.807) is 0 Å². The molecule has 0 amide bonds. The molecule has 0 aromatic heterocycles. The van der Waals surface area contributed by atoms with Crippen molar-refractivity contribution in [3.05, 3.63) is 0 Å². The van der Waals surface area contributed by atoms with E-state index in [2.05, 4.69) is 6.55 Å². The van der Waals surface area contributed by atoms with Gasteiger partial charge in [0.2, 0.25) is 0 Å². The first-order chi connectivity index (χ1) is 9.21. The van der Waals surface area contributed by atoms with Crippen LogP contribution in [-0.4, -0.2) is 22.8 Å². The van der Waals surface area contributed by atoms with Crippen molar-refractivity contribution in [3.63, 3.8) is 0 Å². The normalized spacial score (nSPS) is 24.0. The van der Waals surface area contributed by atoms with Crippen LogP contribution in [0.3, 0.4) is 0 Å². The van der Waals surface area contributed by atoms with E-state index in [4.69, 9.17) is 8.85 Å². The lowest BCUT2D eigenvalue weighted by atomic mass is 9.77. The van der Waals surface area contributed by atoms with Gasteiger partial charge in [0.05, 0.1) is 0 Å². The quantitative estimate of drug-likeness (QED) is 0.670. The molecule has 2 nitrogen and oxygen atoms in total. The Morgan fingerprint density at radius 1 is 0.737 bits per heavy atom. The largest absolute Gasteiger partial charge is 0.398 e. The van der Waals surface area contributed by atoms with Crippen molar-refractivity contribution in [1.82, 2.24) is 0 Å². The lowest BCUT2D eigenvalue weighted by Gasteiger charge is -2.44. The molecule has 0 unspecified atom stereocenters. The Hall–Kier alpha value is 0.137. The highest BCUT2D eigenvalue weighted by Crippen LogP contribution is 2.48. The Morgan fingerprint density at radius 2 is 1.11 bits per heavy atom. The van der Waals surface area contributed by atoms with Gasteiger partial charge in [-0.05, 0) is 18.4 Å². The van der Waals surface area contributed by atoms with Crippen LogP contribution in [0, 0.1) is 11.8 Å². The second kappa shape index (κ2) is 7.23. The standard InChI is InChI=1S/C16H32O2Si/c1-17-19(3,18-2)16(14-10-6-4-7-11-14)15-12-8-5-9-13-15/h14-16H,4-13H2,1-3H3. The molecule has 0 radical (unpaired) electrons. The minimum absolute atomic E-state index is 0.725. The van der Waals surface area contributed by atoms with E-state index in [1.807, 2.05) is 14.2 Å². The molecule has 0 aromatic rings. The molecule has 2 aliphatic carbocycles. The Labute approximate surface area is 120 Å². The summed E-state index contributed by atoms with van der Waals surface area (Å²) in [6.07, 6.45) is 14.2. The van der Waals surface area contributed by atoms with Crippen LogP contribution in [0.5, 0.6) is 0 Å². The van der Waals surface area contributed by atoms with Gasteiger partial charge in [-0.1, -0.05) is 64.2 Å². The summed E-state index contributed by atoms with van der Waals surface area (Å²) in [7, 11) is 1.77. The average molecular weight is 285 g/mol. The highest BCUT2D eigenvalue weighted by Gasteiger charge is 2.48. The summed E-state index contributed by atoms with van der Waals surface area (Å²) in [4.78, 5) is 0. The van der Waals surface area contributed by atoms with Gasteiger partial charge in [-0.25, -0.2) is 0 Å². The monoisotopic (exact) mass is 284 g/mol. The van der Waals surface area contributed by atoms with Crippen LogP contribution in [0.15, 0.2) is 0 Å². The topological polar surface area (TPSA) is 18.5 Å². The maximum atomic E-state index is 5.97. The molecule has 0 aliphatic heterocycles. The van der Waals surface area contributed by atoms with E-state index in [0.29, 0.717) is 0 Å². The molecule has 0 N–H and O–H groups in total. The minimum Gasteiger partial charge on any atom is -0.398 e. The van der Waals surface area contributed by atoms with Crippen molar-refractivity contribution in [3.8, 4) is 0 Å². The first-order valence-electron chi connectivity index (χ1n) is 8.31. The van der Waals surface area contributed by atoms with Crippen molar-refractivity contribution in [2.75, 3.05) is 14.2 Å². The SMILES string of the molecule is CO[Si](C)(OC)C(C1CCCCC1)C1CCCCC1. The van der Waals surface area contributed by atoms with Crippen LogP contribution in [0.25, 0.3) is 0 Å². The summed E-state index contributed by atoms with van der Waals surface area (Å²) < 4.78 is 11.9. The molecule has 2 rings (SSSR count). The van der Waals surface area contributed by atoms with Crippen molar-refractivity contribution in [2.45, 2.75) is 76.3 Å². The van der Waals surface area contributed by atoms with Crippen LogP contribution >= 0.6 is 0 Å². The molecule has 19 heavy (non-hydrogen) atoms. The van der Waals surface area contributed by atoms with E-state index in [-0.39, 0.29) is 0 Å². The second-order valence-corrected chi connectivity index (χ2v) is 10.3. The summed E-state index contributed by atoms with van der Waals surface area (Å²) in [5.74, 6) is 1.74. The molecule has 0 spiro atoms. The number of hydrogen-bond acceptors (Lipinski definition) is 2. The predicted molar refractivity (Wildman–Crippen MR) is 82.5 cm³/mol. The van der Waals surface area contributed by atoms with Crippen molar-refractivity contribution in [2.24, 2.45) is 11.8 Å². The number of hydrogen-bond donors (Lipinski definition) is 0. The molecule has 112 valence electrons. The Balaban J connectivity index is 2.15. The van der Waals surface area contributed by atoms with E-state index < -0.39 is 8.56 Å². The van der Waals surface area contributed by atoms with E-state index in [1.165, 1.54) is 64.2 Å². The van der Waals surface area contributed by atoms with Crippen molar-refractivity contribution >= 4 is 8.56 Å². The van der Waals surface area contributed by atoms with Gasteiger partial charge < -0.3 is 8.85 Å². The van der Waals surface area contributed by atoms with Gasteiger partial charge in [0.15, 0.2) is 0 Å². The summed E-state index contributed by atoms with van der Waals surface area (Å²) in [6, 6.07) is 0. The van der Waals surface area contributed by atoms with Crippen LogP contribution in [-0.2, 0) is 8.85 Å².